The monoisotopic (exact) mass is 1830 g/mol. The minimum Gasteiger partial charge on any atom is -0.378 e. The Morgan fingerprint density at radius 1 is 0.331 bits per heavy atom. The normalized spacial score (nSPS) is 18.1. The number of amides is 8. The van der Waals surface area contributed by atoms with E-state index in [0.717, 1.165) is 187 Å². The molecule has 1 fully saturated rings. The fraction of sp³-hybridized carbons (Fsp3) is 0.321. The summed E-state index contributed by atoms with van der Waals surface area (Å²) in [6.07, 6.45) is 6.49. The molecule has 24 heteroatoms. The van der Waals surface area contributed by atoms with E-state index >= 15 is 0 Å². The summed E-state index contributed by atoms with van der Waals surface area (Å²) in [5.74, 6) is 0.00782. The number of nitrogens with one attached hydrogen (secondary N) is 8. The van der Waals surface area contributed by atoms with Gasteiger partial charge in [0, 0.05) is 192 Å². The Balaban J connectivity index is 0.000000154. The molecular formula is C112H128N14O10. The molecule has 11 aromatic rings. The van der Waals surface area contributed by atoms with Crippen LogP contribution in [0.15, 0.2) is 243 Å². The molecule has 16 rings (SSSR count). The maximum Gasteiger partial charge on any atom is 0.224 e. The van der Waals surface area contributed by atoms with Crippen LogP contribution in [0.5, 0.6) is 0 Å². The number of nitrogens with zero attached hydrogens (tertiary/aromatic N) is 6. The molecule has 5 aliphatic heterocycles. The molecule has 0 radical (unpaired) electrons. The number of ketones is 2. The third-order valence-corrected chi connectivity index (χ3v) is 25.7. The molecule has 0 saturated carbocycles. The molecule has 24 nitrogen and oxygen atoms in total. The highest BCUT2D eigenvalue weighted by molar-refractivity contribution is 6.00. The van der Waals surface area contributed by atoms with E-state index < -0.39 is 0 Å². The first-order chi connectivity index (χ1) is 65.0. The van der Waals surface area contributed by atoms with Crippen molar-refractivity contribution in [1.82, 2.24) is 10.2 Å². The van der Waals surface area contributed by atoms with Gasteiger partial charge in [-0.05, 0) is 323 Å². The number of fused-ring (bicyclic) bond motifs is 4. The smallest absolute Gasteiger partial charge is 0.224 e. The Morgan fingerprint density at radius 3 is 0.890 bits per heavy atom. The van der Waals surface area contributed by atoms with E-state index in [4.69, 9.17) is 0 Å². The maximum atomic E-state index is 12.5. The molecule has 5 heterocycles. The van der Waals surface area contributed by atoms with Crippen LogP contribution < -0.4 is 67.0 Å². The number of hydrogen-bond acceptors (Lipinski definition) is 16. The SMILES string of the molecule is CC(=O)Nc1cccc(-c2ccc3c(c2)[C@H](NC2CCN(C)CC2)C[C@H](C)N3C(C)=O)c1.CC(=O)Nc1cccc(-c2ccc3c(c2)[C@H](Nc2ccc(C(C)=O)cc2)C[C@H](C)N3C(C)=O)c1.CC(=O)Nc1cccc(-c2ccc3c(c2)[C@H](Nc2ccc(N(C)C)cc2)C[C@H](C)N3C(C)=O)c1.CCC(=O)Cc1ccc(N[C@@H]2C[C@H](C)N(C(C)=O)c3ccc(-c4cccc(NC(C)=O)c4)cc32)cc1. The fourth-order valence-corrected chi connectivity index (χ4v) is 19.4. The number of carbonyl (C=O) groups excluding carboxylic acids is 10. The summed E-state index contributed by atoms with van der Waals surface area (Å²) >= 11 is 0. The van der Waals surface area contributed by atoms with Crippen LogP contribution in [-0.4, -0.2) is 128 Å². The summed E-state index contributed by atoms with van der Waals surface area (Å²) in [6, 6.07) is 81.1. The van der Waals surface area contributed by atoms with Crippen LogP contribution in [0.2, 0.25) is 0 Å². The predicted octanol–water partition coefficient (Wildman–Crippen LogP) is 21.8. The van der Waals surface area contributed by atoms with Gasteiger partial charge in [0.15, 0.2) is 5.78 Å². The summed E-state index contributed by atoms with van der Waals surface area (Å²) < 4.78 is 0. The quantitative estimate of drug-likeness (QED) is 0.0310. The summed E-state index contributed by atoms with van der Waals surface area (Å²) in [4.78, 5) is 131. The van der Waals surface area contributed by atoms with Crippen molar-refractivity contribution in [2.24, 2.45) is 0 Å². The van der Waals surface area contributed by atoms with E-state index in [1.807, 2.05) is 217 Å². The van der Waals surface area contributed by atoms with Gasteiger partial charge in [-0.3, -0.25) is 47.9 Å². The lowest BCUT2D eigenvalue weighted by Crippen LogP contribution is -2.48. The molecule has 0 unspecified atom stereocenters. The number of likely N-dealkylation sites (tertiary alicyclic amines) is 1. The van der Waals surface area contributed by atoms with Gasteiger partial charge in [-0.2, -0.15) is 0 Å². The molecule has 0 aliphatic carbocycles. The minimum absolute atomic E-state index is 0.00667. The van der Waals surface area contributed by atoms with Crippen LogP contribution >= 0.6 is 0 Å². The first kappa shape index (κ1) is 99.1. The molecule has 0 spiro atoms. The van der Waals surface area contributed by atoms with Gasteiger partial charge in [0.2, 0.25) is 47.3 Å². The van der Waals surface area contributed by atoms with E-state index in [1.54, 1.807) is 34.6 Å². The summed E-state index contributed by atoms with van der Waals surface area (Å²) in [5.41, 5.74) is 25.1. The van der Waals surface area contributed by atoms with Crippen molar-refractivity contribution in [3.05, 3.63) is 276 Å². The van der Waals surface area contributed by atoms with Crippen molar-refractivity contribution in [2.45, 2.75) is 203 Å². The van der Waals surface area contributed by atoms with Gasteiger partial charge in [-0.25, -0.2) is 0 Å². The Bertz CT molecular complexity index is 6230. The molecule has 11 aromatic carbocycles. The summed E-state index contributed by atoms with van der Waals surface area (Å²) in [5, 5.41) is 26.3. The maximum absolute atomic E-state index is 12.5. The van der Waals surface area contributed by atoms with Crippen molar-refractivity contribution >= 4 is 127 Å². The number of piperidine rings is 1. The standard InChI is InChI=1S/C30H33N3O3.C28H32N4O2.C28H29N3O3.C26H34N4O2/c1-5-27(36)16-22-9-12-25(13-10-22)32-29-15-19(2)33(21(4)35)30-14-11-24(18-28(29)30)23-7-6-8-26(17-23)31-20(3)34;1-18-15-27(30-23-10-12-25(13-11-23)31(4)5)26-17-22(9-14-28(26)32(18)20(3)34)21-7-6-8-24(16-21)29-19(2)33;1-17-14-27(30-24-11-8-21(9-12-24)18(2)32)26-16-23(10-13-28(26)31(17)20(4)34)22-6-5-7-25(15-22)29-19(3)33;1-17-14-25(28-22-10-12-29(4)13-11-22)24-16-21(8-9-26(24)30(17)19(3)32)20-6-5-7-23(15-20)27-18(2)31/h6-14,17-19,29,32H,5,15-16H2,1-4H3,(H,31,34);6-14,16-18,27,30H,15H2,1-5H3,(H,29,33);5-13,15-17,27,30H,14H2,1-4H3,(H,29,33);5-9,15-17,22,25,28H,10-14H2,1-4H3,(H,27,31)/t19-,29+;18-,27+;17-,27+;17-,25+/m0000/s1. The lowest BCUT2D eigenvalue weighted by atomic mass is 9.88. The highest BCUT2D eigenvalue weighted by atomic mass is 16.2. The minimum atomic E-state index is -0.117. The average molecular weight is 1830 g/mol. The van der Waals surface area contributed by atoms with E-state index in [0.29, 0.717) is 24.4 Å². The molecule has 706 valence electrons. The van der Waals surface area contributed by atoms with Gasteiger partial charge in [0.25, 0.3) is 0 Å². The highest BCUT2D eigenvalue weighted by Crippen LogP contribution is 2.47. The zero-order valence-corrected chi connectivity index (χ0v) is 81.1. The Morgan fingerprint density at radius 2 is 0.610 bits per heavy atom. The Kier molecular flexibility index (Phi) is 32.5. The van der Waals surface area contributed by atoms with E-state index in [-0.39, 0.29) is 107 Å². The largest absolute Gasteiger partial charge is 0.378 e. The third kappa shape index (κ3) is 25.0. The van der Waals surface area contributed by atoms with Crippen molar-refractivity contribution < 1.29 is 47.9 Å². The molecule has 5 aliphatic rings. The zero-order chi connectivity index (χ0) is 97.5. The molecule has 0 bridgehead atoms. The van der Waals surface area contributed by atoms with Gasteiger partial charge >= 0.3 is 0 Å². The molecule has 136 heavy (non-hydrogen) atoms. The number of rotatable bonds is 21. The fourth-order valence-electron chi connectivity index (χ4n) is 19.4. The lowest BCUT2D eigenvalue weighted by molar-refractivity contribution is -0.118. The topological polar surface area (TPSA) is 286 Å². The zero-order valence-electron chi connectivity index (χ0n) is 81.1. The summed E-state index contributed by atoms with van der Waals surface area (Å²) in [7, 11) is 6.24. The first-order valence-electron chi connectivity index (χ1n) is 47.0. The predicted molar refractivity (Wildman–Crippen MR) is 552 cm³/mol. The highest BCUT2D eigenvalue weighted by Gasteiger charge is 2.39. The second-order valence-electron chi connectivity index (χ2n) is 36.8. The van der Waals surface area contributed by atoms with Crippen LogP contribution in [0.3, 0.4) is 0 Å². The second kappa shape index (κ2) is 44.7. The van der Waals surface area contributed by atoms with Gasteiger partial charge in [-0.15, -0.1) is 0 Å². The van der Waals surface area contributed by atoms with Gasteiger partial charge in [-0.1, -0.05) is 91.9 Å². The molecule has 8 atom stereocenters. The van der Waals surface area contributed by atoms with Crippen molar-refractivity contribution in [2.75, 3.05) is 95.9 Å². The number of benzene rings is 11. The number of hydrogen-bond donors (Lipinski definition) is 8. The molecular weight excluding hydrogens is 1700 g/mol. The molecule has 8 N–H and O–H groups in total. The average Bonchev–Trinajstić information content (AvgIpc) is 0.777. The molecule has 1 saturated heterocycles. The number of anilines is 12. The number of Topliss-reactive ketones (excluding diaryl/α,β-unsaturated/α-hetero) is 2. The van der Waals surface area contributed by atoms with Crippen molar-refractivity contribution in [3.63, 3.8) is 0 Å². The second-order valence-corrected chi connectivity index (χ2v) is 36.8. The van der Waals surface area contributed by atoms with Gasteiger partial charge < -0.3 is 71.9 Å². The first-order valence-corrected chi connectivity index (χ1v) is 47.0. The Hall–Kier alpha value is -14.4. The van der Waals surface area contributed by atoms with E-state index in [2.05, 4.69) is 154 Å². The van der Waals surface area contributed by atoms with Crippen LogP contribution in [-0.2, 0) is 49.6 Å². The molecule has 0 aromatic heterocycles. The molecule has 8 amide bonds. The van der Waals surface area contributed by atoms with Crippen molar-refractivity contribution in [1.29, 1.82) is 0 Å². The van der Waals surface area contributed by atoms with Gasteiger partial charge in [0.05, 0.1) is 18.1 Å². The van der Waals surface area contributed by atoms with Gasteiger partial charge in [0.1, 0.15) is 5.78 Å². The van der Waals surface area contributed by atoms with Crippen LogP contribution in [0.1, 0.15) is 204 Å². The van der Waals surface area contributed by atoms with Crippen molar-refractivity contribution in [3.8, 4) is 44.5 Å². The van der Waals surface area contributed by atoms with Crippen LogP contribution in [0.25, 0.3) is 44.5 Å². The van der Waals surface area contributed by atoms with E-state index in [9.17, 15) is 47.9 Å². The third-order valence-electron chi connectivity index (χ3n) is 25.7. The van der Waals surface area contributed by atoms with Crippen LogP contribution in [0.4, 0.5) is 68.2 Å². The lowest BCUT2D eigenvalue weighted by Gasteiger charge is -2.41. The van der Waals surface area contributed by atoms with Crippen LogP contribution in [0, 0.1) is 0 Å². The Labute approximate surface area is 799 Å². The summed E-state index contributed by atoms with van der Waals surface area (Å²) in [6.45, 7) is 26.5. The number of carbonyl (C=O) groups is 10. The van der Waals surface area contributed by atoms with E-state index in [1.165, 1.54) is 33.3 Å².